The van der Waals surface area contributed by atoms with Gasteiger partial charge in [-0.3, -0.25) is 4.79 Å². The van der Waals surface area contributed by atoms with E-state index in [2.05, 4.69) is 0 Å². The lowest BCUT2D eigenvalue weighted by atomic mass is 10.2. The van der Waals surface area contributed by atoms with Gasteiger partial charge < -0.3 is 14.1 Å². The van der Waals surface area contributed by atoms with E-state index < -0.39 is 10.0 Å². The summed E-state index contributed by atoms with van der Waals surface area (Å²) in [6.07, 6.45) is 4.59. The van der Waals surface area contributed by atoms with Crippen LogP contribution in [-0.2, 0) is 27.9 Å². The van der Waals surface area contributed by atoms with E-state index in [1.807, 2.05) is 36.4 Å². The average Bonchev–Trinajstić information content (AvgIpc) is 3.30. The number of benzene rings is 2. The zero-order chi connectivity index (χ0) is 23.1. The highest BCUT2D eigenvalue weighted by molar-refractivity contribution is 7.89. The van der Waals surface area contributed by atoms with Crippen molar-refractivity contribution >= 4 is 22.0 Å². The number of sulfonamides is 1. The maximum absolute atomic E-state index is 13.0. The minimum atomic E-state index is -3.71. The molecule has 1 heterocycles. The summed E-state index contributed by atoms with van der Waals surface area (Å²) >= 11 is 0. The average molecular weight is 455 g/mol. The molecule has 0 spiro atoms. The maximum atomic E-state index is 13.0. The Hall–Kier alpha value is -3.36. The number of rotatable bonds is 9. The Bertz CT molecular complexity index is 1170. The number of hydrogen-bond acceptors (Lipinski definition) is 5. The molecule has 3 aromatic rings. The van der Waals surface area contributed by atoms with Gasteiger partial charge in [0.1, 0.15) is 16.4 Å². The van der Waals surface area contributed by atoms with Crippen molar-refractivity contribution in [3.8, 4) is 5.75 Å². The second-order valence-corrected chi connectivity index (χ2v) is 9.41. The number of ether oxygens (including phenoxy) is 1. The molecule has 3 rings (SSSR count). The number of hydrogen-bond donors (Lipinski definition) is 0. The number of methoxy groups -OCH3 is 1. The van der Waals surface area contributed by atoms with Crippen LogP contribution in [0.4, 0.5) is 0 Å². The SMILES string of the molecule is COc1ccc(C=CC(=O)N(Cc2ccccc2)Cc2ccco2)cc1S(=O)(=O)N(C)C. The standard InChI is InChI=1S/C24H26N2O5S/c1-25(2)32(28,29)23-16-19(11-13-22(23)30-3)12-14-24(27)26(18-21-10-7-15-31-21)17-20-8-5-4-6-9-20/h4-16H,17-18H2,1-3H3. The first-order valence-corrected chi connectivity index (χ1v) is 11.4. The van der Waals surface area contributed by atoms with Crippen LogP contribution >= 0.6 is 0 Å². The zero-order valence-corrected chi connectivity index (χ0v) is 19.1. The number of nitrogens with zero attached hydrogens (tertiary/aromatic N) is 2. The molecule has 8 heteroatoms. The Morgan fingerprint density at radius 3 is 2.41 bits per heavy atom. The van der Waals surface area contributed by atoms with Crippen molar-refractivity contribution in [1.29, 1.82) is 0 Å². The predicted octanol–water partition coefficient (Wildman–Crippen LogP) is 3.78. The van der Waals surface area contributed by atoms with E-state index >= 15 is 0 Å². The third kappa shape index (κ3) is 5.66. The molecule has 0 saturated carbocycles. The Balaban J connectivity index is 1.86. The predicted molar refractivity (Wildman–Crippen MR) is 122 cm³/mol. The van der Waals surface area contributed by atoms with Gasteiger partial charge in [0.2, 0.25) is 15.9 Å². The van der Waals surface area contributed by atoms with Crippen LogP contribution in [0.15, 0.2) is 82.3 Å². The van der Waals surface area contributed by atoms with Gasteiger partial charge in [-0.1, -0.05) is 36.4 Å². The van der Waals surface area contributed by atoms with Gasteiger partial charge in [0.15, 0.2) is 0 Å². The minimum Gasteiger partial charge on any atom is -0.495 e. The lowest BCUT2D eigenvalue weighted by Gasteiger charge is -2.20. The molecule has 0 aliphatic rings. The fourth-order valence-corrected chi connectivity index (χ4v) is 4.16. The molecule has 0 aliphatic heterocycles. The second kappa shape index (κ2) is 10.3. The Labute approximate surface area is 188 Å². The summed E-state index contributed by atoms with van der Waals surface area (Å²) in [4.78, 5) is 14.7. The molecule has 0 aliphatic carbocycles. The van der Waals surface area contributed by atoms with Gasteiger partial charge >= 0.3 is 0 Å². The maximum Gasteiger partial charge on any atom is 0.247 e. The van der Waals surface area contributed by atoms with E-state index in [4.69, 9.17) is 9.15 Å². The summed E-state index contributed by atoms with van der Waals surface area (Å²) in [5.41, 5.74) is 1.56. The Kier molecular flexibility index (Phi) is 7.50. The van der Waals surface area contributed by atoms with E-state index in [1.54, 1.807) is 35.4 Å². The normalized spacial score (nSPS) is 11.8. The van der Waals surface area contributed by atoms with Crippen molar-refractivity contribution in [1.82, 2.24) is 9.21 Å². The number of furan rings is 1. The summed E-state index contributed by atoms with van der Waals surface area (Å²) in [5.74, 6) is 0.690. The summed E-state index contributed by atoms with van der Waals surface area (Å²) in [5, 5.41) is 0. The second-order valence-electron chi connectivity index (χ2n) is 7.29. The van der Waals surface area contributed by atoms with Crippen LogP contribution in [0.1, 0.15) is 16.9 Å². The molecular formula is C24H26N2O5S. The number of amides is 1. The molecule has 168 valence electrons. The molecule has 0 bridgehead atoms. The molecule has 1 aromatic heterocycles. The van der Waals surface area contributed by atoms with Gasteiger partial charge in [0, 0.05) is 26.7 Å². The van der Waals surface area contributed by atoms with Gasteiger partial charge in [0.25, 0.3) is 0 Å². The quantitative estimate of drug-likeness (QED) is 0.460. The van der Waals surface area contributed by atoms with E-state index in [9.17, 15) is 13.2 Å². The van der Waals surface area contributed by atoms with Crippen molar-refractivity contribution < 1.29 is 22.4 Å². The van der Waals surface area contributed by atoms with Gasteiger partial charge in [-0.05, 0) is 41.5 Å². The largest absolute Gasteiger partial charge is 0.495 e. The van der Waals surface area contributed by atoms with E-state index in [0.717, 1.165) is 9.87 Å². The van der Waals surface area contributed by atoms with Crippen LogP contribution in [0.3, 0.4) is 0 Å². The van der Waals surface area contributed by atoms with Gasteiger partial charge in [-0.2, -0.15) is 0 Å². The van der Waals surface area contributed by atoms with E-state index in [1.165, 1.54) is 33.3 Å². The van der Waals surface area contributed by atoms with Crippen LogP contribution in [0.5, 0.6) is 5.75 Å². The van der Waals surface area contributed by atoms with Crippen LogP contribution in [0.2, 0.25) is 0 Å². The lowest BCUT2D eigenvalue weighted by molar-refractivity contribution is -0.127. The van der Waals surface area contributed by atoms with Crippen molar-refractivity contribution in [3.05, 3.63) is 89.9 Å². The summed E-state index contributed by atoms with van der Waals surface area (Å²) in [7, 11) is 0.621. The fraction of sp³-hybridized carbons (Fsp3) is 0.208. The molecule has 1 amide bonds. The van der Waals surface area contributed by atoms with Crippen LogP contribution in [-0.4, -0.2) is 44.7 Å². The van der Waals surface area contributed by atoms with E-state index in [-0.39, 0.29) is 16.6 Å². The molecule has 2 aromatic carbocycles. The first kappa shape index (κ1) is 23.3. The topological polar surface area (TPSA) is 80.1 Å². The highest BCUT2D eigenvalue weighted by atomic mass is 32.2. The molecule has 0 atom stereocenters. The summed E-state index contributed by atoms with van der Waals surface area (Å²) in [6.45, 7) is 0.724. The van der Waals surface area contributed by atoms with Crippen molar-refractivity contribution in [2.75, 3.05) is 21.2 Å². The third-order valence-electron chi connectivity index (χ3n) is 4.82. The van der Waals surface area contributed by atoms with Gasteiger partial charge in [-0.25, -0.2) is 12.7 Å². The summed E-state index contributed by atoms with van der Waals surface area (Å²) in [6, 6.07) is 18.0. The minimum absolute atomic E-state index is 0.0383. The molecular weight excluding hydrogens is 428 g/mol. The van der Waals surface area contributed by atoms with Crippen molar-refractivity contribution in [2.24, 2.45) is 0 Å². The zero-order valence-electron chi connectivity index (χ0n) is 18.3. The Morgan fingerprint density at radius 1 is 1.03 bits per heavy atom. The van der Waals surface area contributed by atoms with Crippen molar-refractivity contribution in [2.45, 2.75) is 18.0 Å². The third-order valence-corrected chi connectivity index (χ3v) is 6.66. The molecule has 0 N–H and O–H groups in total. The summed E-state index contributed by atoms with van der Waals surface area (Å²) < 4.78 is 37.0. The molecule has 32 heavy (non-hydrogen) atoms. The van der Waals surface area contributed by atoms with Crippen LogP contribution in [0.25, 0.3) is 6.08 Å². The first-order chi connectivity index (χ1) is 15.3. The van der Waals surface area contributed by atoms with Gasteiger partial charge in [0.05, 0.1) is 19.9 Å². The molecule has 0 saturated heterocycles. The monoisotopic (exact) mass is 454 g/mol. The molecule has 0 fully saturated rings. The molecule has 0 radical (unpaired) electrons. The van der Waals surface area contributed by atoms with Gasteiger partial charge in [-0.15, -0.1) is 0 Å². The fourth-order valence-electron chi connectivity index (χ4n) is 3.07. The molecule has 7 nitrogen and oxygen atoms in total. The highest BCUT2D eigenvalue weighted by Gasteiger charge is 2.22. The van der Waals surface area contributed by atoms with Crippen molar-refractivity contribution in [3.63, 3.8) is 0 Å². The van der Waals surface area contributed by atoms with Crippen LogP contribution in [0, 0.1) is 0 Å². The highest BCUT2D eigenvalue weighted by Crippen LogP contribution is 2.27. The molecule has 0 unspecified atom stereocenters. The van der Waals surface area contributed by atoms with E-state index in [0.29, 0.717) is 24.4 Å². The number of carbonyl (C=O) groups is 1. The lowest BCUT2D eigenvalue weighted by Crippen LogP contribution is -2.28. The Morgan fingerprint density at radius 2 is 1.78 bits per heavy atom. The number of carbonyl (C=O) groups excluding carboxylic acids is 1. The van der Waals surface area contributed by atoms with Crippen LogP contribution < -0.4 is 4.74 Å². The first-order valence-electron chi connectivity index (χ1n) is 9.95. The smallest absolute Gasteiger partial charge is 0.247 e.